The quantitative estimate of drug-likeness (QED) is 0.536. The molecule has 1 aliphatic carbocycles. The van der Waals surface area contributed by atoms with Crippen LogP contribution in [0.1, 0.15) is 23.2 Å². The molecule has 0 bridgehead atoms. The maximum Gasteiger partial charge on any atom is 1.00 e. The number of hydrogen-bond acceptors (Lipinski definition) is 2. The second-order valence-electron chi connectivity index (χ2n) is 3.91. The van der Waals surface area contributed by atoms with Gasteiger partial charge in [-0.05, 0) is 25.0 Å². The Morgan fingerprint density at radius 2 is 1.78 bits per heavy atom. The molecule has 0 spiro atoms. The van der Waals surface area contributed by atoms with Crippen molar-refractivity contribution in [2.24, 2.45) is 0 Å². The smallest absolute Gasteiger partial charge is 0.478 e. The van der Waals surface area contributed by atoms with Crippen LogP contribution < -0.4 is 29.6 Å². The number of aromatic carboxylic acids is 1. The minimum absolute atomic E-state index is 0. The maximum absolute atomic E-state index is 10.4. The van der Waals surface area contributed by atoms with Crippen LogP contribution in [0.5, 0.6) is 0 Å². The van der Waals surface area contributed by atoms with E-state index < -0.39 is 5.97 Å². The average Bonchev–Trinajstić information content (AvgIpc) is 3.14. The second-order valence-corrected chi connectivity index (χ2v) is 3.91. The summed E-state index contributed by atoms with van der Waals surface area (Å²) in [7, 11) is 1.80. The van der Waals surface area contributed by atoms with E-state index in [1.54, 1.807) is 42.3 Å². The van der Waals surface area contributed by atoms with E-state index in [4.69, 9.17) is 5.11 Å². The number of carbonyl (C=O) groups is 2. The third-order valence-electron chi connectivity index (χ3n) is 2.51. The van der Waals surface area contributed by atoms with Crippen molar-refractivity contribution in [1.29, 1.82) is 0 Å². The van der Waals surface area contributed by atoms with Gasteiger partial charge in [0.25, 0.3) is 0 Å². The molecule has 1 aromatic carbocycles. The van der Waals surface area contributed by atoms with Gasteiger partial charge in [0.2, 0.25) is 0 Å². The van der Waals surface area contributed by atoms with Gasteiger partial charge in [0.1, 0.15) is 0 Å². The molecular formula is C13H16NNaO3. The minimum atomic E-state index is -0.879. The Hall–Kier alpha value is -0.970. The van der Waals surface area contributed by atoms with Crippen molar-refractivity contribution in [2.45, 2.75) is 18.9 Å². The Bertz CT molecular complexity index is 390. The molecule has 1 aromatic rings. The largest absolute Gasteiger partial charge is 1.00 e. The van der Waals surface area contributed by atoms with Gasteiger partial charge in [0.05, 0.1) is 11.5 Å². The Morgan fingerprint density at radius 1 is 1.28 bits per heavy atom. The van der Waals surface area contributed by atoms with Crippen LogP contribution in [-0.2, 0) is 4.79 Å². The summed E-state index contributed by atoms with van der Waals surface area (Å²) in [6.45, 7) is 3.29. The number of carboxylic acids is 1. The molecule has 2 rings (SSSR count). The Kier molecular flexibility index (Phi) is 7.75. The van der Waals surface area contributed by atoms with Crippen molar-refractivity contribution < 1.29 is 44.3 Å². The summed E-state index contributed by atoms with van der Waals surface area (Å²) in [6, 6.07) is 8.81. The zero-order valence-corrected chi connectivity index (χ0v) is 12.8. The van der Waals surface area contributed by atoms with Gasteiger partial charge in [-0.2, -0.15) is 0 Å². The molecule has 0 aromatic heterocycles. The average molecular weight is 257 g/mol. The van der Waals surface area contributed by atoms with Crippen LogP contribution in [0.25, 0.3) is 0 Å². The van der Waals surface area contributed by atoms with Crippen molar-refractivity contribution in [3.05, 3.63) is 42.8 Å². The molecule has 1 aliphatic rings. The second kappa shape index (κ2) is 8.19. The van der Waals surface area contributed by atoms with E-state index in [0.29, 0.717) is 11.6 Å². The standard InChI is InChI=1S/C7H6O2.C6H10NO.Na/c8-7(9)6-4-2-1-3-5-6;1-5(8)7(2)6-3-4-6;/h1-5H,(H,8,9);6H,1,3-4H2,2H3;/q;-1;+1. The van der Waals surface area contributed by atoms with E-state index in [-0.39, 0.29) is 35.5 Å². The van der Waals surface area contributed by atoms with Gasteiger partial charge in [0.15, 0.2) is 0 Å². The molecular weight excluding hydrogens is 241 g/mol. The van der Waals surface area contributed by atoms with E-state index in [2.05, 4.69) is 6.92 Å². The van der Waals surface area contributed by atoms with Crippen molar-refractivity contribution >= 4 is 11.9 Å². The molecule has 1 fully saturated rings. The molecule has 18 heavy (non-hydrogen) atoms. The van der Waals surface area contributed by atoms with E-state index in [1.165, 1.54) is 0 Å². The fourth-order valence-electron chi connectivity index (χ4n) is 1.25. The number of rotatable bonds is 2. The maximum atomic E-state index is 10.4. The molecule has 1 amide bonds. The van der Waals surface area contributed by atoms with Crippen LogP contribution in [-0.4, -0.2) is 35.0 Å². The van der Waals surface area contributed by atoms with Crippen LogP contribution in [0.4, 0.5) is 0 Å². The molecule has 0 unspecified atom stereocenters. The molecule has 0 aliphatic heterocycles. The van der Waals surface area contributed by atoms with Crippen LogP contribution in [0.15, 0.2) is 30.3 Å². The molecule has 0 heterocycles. The Labute approximate surface area is 129 Å². The fraction of sp³-hybridized carbons (Fsp3) is 0.308. The zero-order chi connectivity index (χ0) is 12.8. The first-order chi connectivity index (χ1) is 8.02. The molecule has 1 N–H and O–H groups in total. The van der Waals surface area contributed by atoms with Crippen molar-refractivity contribution in [3.63, 3.8) is 0 Å². The van der Waals surface area contributed by atoms with Gasteiger partial charge in [-0.15, -0.1) is 0 Å². The molecule has 1 saturated carbocycles. The molecule has 92 valence electrons. The van der Waals surface area contributed by atoms with Crippen LogP contribution >= 0.6 is 0 Å². The number of carbonyl (C=O) groups excluding carboxylic acids is 1. The summed E-state index contributed by atoms with van der Waals surface area (Å²) in [4.78, 5) is 22.3. The monoisotopic (exact) mass is 257 g/mol. The SMILES string of the molecule is O=C(O)c1ccccc1.[CH2-]C(=O)N(C)C1CC1.[Na+]. The van der Waals surface area contributed by atoms with Gasteiger partial charge >= 0.3 is 35.5 Å². The summed E-state index contributed by atoms with van der Waals surface area (Å²) < 4.78 is 0. The molecule has 0 radical (unpaired) electrons. The molecule has 0 atom stereocenters. The first kappa shape index (κ1) is 17.0. The summed E-state index contributed by atoms with van der Waals surface area (Å²) in [5, 5.41) is 8.38. The van der Waals surface area contributed by atoms with Gasteiger partial charge in [-0.25, -0.2) is 4.79 Å². The van der Waals surface area contributed by atoms with Crippen molar-refractivity contribution in [1.82, 2.24) is 4.90 Å². The number of benzene rings is 1. The predicted molar refractivity (Wildman–Crippen MR) is 64.6 cm³/mol. The van der Waals surface area contributed by atoms with E-state index >= 15 is 0 Å². The fourth-order valence-corrected chi connectivity index (χ4v) is 1.25. The summed E-state index contributed by atoms with van der Waals surface area (Å²) >= 11 is 0. The third-order valence-corrected chi connectivity index (χ3v) is 2.51. The third kappa shape index (κ3) is 6.10. The first-order valence-electron chi connectivity index (χ1n) is 5.39. The Morgan fingerprint density at radius 3 is 2.00 bits per heavy atom. The van der Waals surface area contributed by atoms with Crippen LogP contribution in [0, 0.1) is 6.92 Å². The van der Waals surface area contributed by atoms with Crippen LogP contribution in [0.2, 0.25) is 0 Å². The topological polar surface area (TPSA) is 57.6 Å². The van der Waals surface area contributed by atoms with Crippen LogP contribution in [0.3, 0.4) is 0 Å². The molecule has 5 heteroatoms. The number of nitrogens with zero attached hydrogens (tertiary/aromatic N) is 1. The normalized spacial score (nSPS) is 12.5. The minimum Gasteiger partial charge on any atom is -0.478 e. The number of amides is 1. The summed E-state index contributed by atoms with van der Waals surface area (Å²) in [6.07, 6.45) is 2.33. The van der Waals surface area contributed by atoms with Crippen molar-refractivity contribution in [2.75, 3.05) is 7.05 Å². The molecule has 4 nitrogen and oxygen atoms in total. The Balaban J connectivity index is 0.000000306. The predicted octanol–water partition coefficient (Wildman–Crippen LogP) is -1.17. The van der Waals surface area contributed by atoms with Gasteiger partial charge in [-0.3, -0.25) is 0 Å². The van der Waals surface area contributed by atoms with Gasteiger partial charge in [0, 0.05) is 13.1 Å². The molecule has 0 saturated heterocycles. The van der Waals surface area contributed by atoms with Gasteiger partial charge in [-0.1, -0.05) is 18.2 Å². The number of carboxylic acid groups (broad SMARTS) is 1. The van der Waals surface area contributed by atoms with E-state index in [0.717, 1.165) is 12.8 Å². The number of hydrogen-bond donors (Lipinski definition) is 1. The first-order valence-corrected chi connectivity index (χ1v) is 5.39. The van der Waals surface area contributed by atoms with E-state index in [1.807, 2.05) is 0 Å². The zero-order valence-electron chi connectivity index (χ0n) is 10.8. The van der Waals surface area contributed by atoms with Gasteiger partial charge < -0.3 is 21.7 Å². The van der Waals surface area contributed by atoms with E-state index in [9.17, 15) is 9.59 Å². The van der Waals surface area contributed by atoms with Crippen molar-refractivity contribution in [3.8, 4) is 0 Å². The summed E-state index contributed by atoms with van der Waals surface area (Å²) in [5.41, 5.74) is 0.331. The summed E-state index contributed by atoms with van der Waals surface area (Å²) in [5.74, 6) is -0.942.